The number of fused-ring (bicyclic) bond motifs is 1. The summed E-state index contributed by atoms with van der Waals surface area (Å²) in [6.45, 7) is 0.843. The lowest BCUT2D eigenvalue weighted by molar-refractivity contribution is 0.174. The summed E-state index contributed by atoms with van der Waals surface area (Å²) in [5, 5.41) is 3.73. The fraction of sp³-hybridized carbons (Fsp3) is 0.118. The van der Waals surface area contributed by atoms with Crippen molar-refractivity contribution in [3.8, 4) is 22.9 Å². The Labute approximate surface area is 143 Å². The molecule has 0 atom stereocenters. The van der Waals surface area contributed by atoms with Gasteiger partial charge in [-0.05, 0) is 42.0 Å². The molecular weight excluding hydrogens is 328 g/mol. The van der Waals surface area contributed by atoms with E-state index in [1.807, 2.05) is 36.4 Å². The Morgan fingerprint density at radius 2 is 1.88 bits per heavy atom. The van der Waals surface area contributed by atoms with Crippen LogP contribution in [0, 0.1) is 0 Å². The largest absolute Gasteiger partial charge is 0.454 e. The molecule has 0 bridgehead atoms. The molecule has 6 nitrogen and oxygen atoms in total. The van der Waals surface area contributed by atoms with Crippen molar-refractivity contribution in [2.45, 2.75) is 6.54 Å². The van der Waals surface area contributed by atoms with Crippen LogP contribution in [-0.2, 0) is 6.54 Å². The lowest BCUT2D eigenvalue weighted by Gasteiger charge is -2.08. The van der Waals surface area contributed by atoms with E-state index in [1.165, 1.54) is 0 Å². The van der Waals surface area contributed by atoms with Crippen molar-refractivity contribution in [3.63, 3.8) is 0 Å². The van der Waals surface area contributed by atoms with Crippen molar-refractivity contribution < 1.29 is 9.47 Å². The van der Waals surface area contributed by atoms with E-state index in [0.717, 1.165) is 22.7 Å². The summed E-state index contributed by atoms with van der Waals surface area (Å²) in [6.07, 6.45) is 3.39. The molecule has 0 amide bonds. The molecule has 4 rings (SSSR count). The first-order chi connectivity index (χ1) is 11.8. The van der Waals surface area contributed by atoms with E-state index in [2.05, 4.69) is 20.3 Å². The Bertz CT molecular complexity index is 888. The number of aromatic nitrogens is 3. The molecule has 3 heterocycles. The first kappa shape index (κ1) is 14.7. The molecule has 1 N–H and O–H groups in total. The number of halogens is 1. The van der Waals surface area contributed by atoms with Crippen LogP contribution in [-0.4, -0.2) is 21.7 Å². The molecule has 0 saturated heterocycles. The molecule has 1 aromatic carbocycles. The van der Waals surface area contributed by atoms with Crippen LogP contribution in [0.5, 0.6) is 11.5 Å². The van der Waals surface area contributed by atoms with Crippen LogP contribution in [0.3, 0.4) is 0 Å². The van der Waals surface area contributed by atoms with E-state index < -0.39 is 0 Å². The fourth-order valence-electron chi connectivity index (χ4n) is 2.38. The molecule has 0 unspecified atom stereocenters. The van der Waals surface area contributed by atoms with Crippen LogP contribution in [0.1, 0.15) is 5.56 Å². The molecule has 3 aromatic rings. The van der Waals surface area contributed by atoms with Gasteiger partial charge in [-0.2, -0.15) is 0 Å². The van der Waals surface area contributed by atoms with Gasteiger partial charge in [0.2, 0.25) is 6.79 Å². The predicted molar refractivity (Wildman–Crippen MR) is 90.2 cm³/mol. The molecule has 0 fully saturated rings. The van der Waals surface area contributed by atoms with Crippen molar-refractivity contribution in [1.29, 1.82) is 0 Å². The van der Waals surface area contributed by atoms with E-state index in [0.29, 0.717) is 23.3 Å². The zero-order valence-corrected chi connectivity index (χ0v) is 13.3. The normalized spacial score (nSPS) is 12.2. The molecule has 2 aromatic heterocycles. The first-order valence-corrected chi connectivity index (χ1v) is 7.73. The Morgan fingerprint density at radius 3 is 2.79 bits per heavy atom. The summed E-state index contributed by atoms with van der Waals surface area (Å²) in [7, 11) is 0. The van der Waals surface area contributed by atoms with Gasteiger partial charge in [-0.1, -0.05) is 11.6 Å². The van der Waals surface area contributed by atoms with Gasteiger partial charge in [-0.25, -0.2) is 15.0 Å². The zero-order valence-electron chi connectivity index (χ0n) is 12.6. The minimum atomic E-state index is 0.246. The number of nitrogens with one attached hydrogen (secondary N) is 1. The molecular formula is C17H13ClN4O2. The predicted octanol–water partition coefficient (Wildman–Crippen LogP) is 3.53. The third kappa shape index (κ3) is 3.09. The number of hydrogen-bond donors (Lipinski definition) is 1. The Hall–Kier alpha value is -2.86. The smallest absolute Gasteiger partial charge is 0.231 e. The van der Waals surface area contributed by atoms with Gasteiger partial charge < -0.3 is 14.8 Å². The highest BCUT2D eigenvalue weighted by Crippen LogP contribution is 2.35. The van der Waals surface area contributed by atoms with Gasteiger partial charge in [0, 0.05) is 24.5 Å². The first-order valence-electron chi connectivity index (χ1n) is 7.35. The Balaban J connectivity index is 1.53. The highest BCUT2D eigenvalue weighted by atomic mass is 35.5. The number of nitrogens with zero attached hydrogens (tertiary/aromatic N) is 3. The highest BCUT2D eigenvalue weighted by molar-refractivity contribution is 6.29. The lowest BCUT2D eigenvalue weighted by atomic mass is 10.2. The maximum atomic E-state index is 5.89. The minimum absolute atomic E-state index is 0.246. The van der Waals surface area contributed by atoms with E-state index in [9.17, 15) is 0 Å². The maximum absolute atomic E-state index is 5.89. The van der Waals surface area contributed by atoms with Gasteiger partial charge in [-0.15, -0.1) is 0 Å². The number of ether oxygens (including phenoxy) is 2. The molecule has 7 heteroatoms. The molecule has 0 aliphatic carbocycles. The molecule has 0 spiro atoms. The van der Waals surface area contributed by atoms with Gasteiger partial charge in [-0.3, -0.25) is 0 Å². The van der Waals surface area contributed by atoms with Gasteiger partial charge in [0.25, 0.3) is 0 Å². The summed E-state index contributed by atoms with van der Waals surface area (Å²) >= 11 is 5.89. The average Bonchev–Trinajstić information content (AvgIpc) is 3.08. The number of hydrogen-bond acceptors (Lipinski definition) is 6. The van der Waals surface area contributed by atoms with Crippen molar-refractivity contribution in [2.24, 2.45) is 0 Å². The maximum Gasteiger partial charge on any atom is 0.231 e. The molecule has 1 aliphatic rings. The van der Waals surface area contributed by atoms with Gasteiger partial charge in [0.05, 0.1) is 0 Å². The topological polar surface area (TPSA) is 69.2 Å². The van der Waals surface area contributed by atoms with Crippen molar-refractivity contribution in [1.82, 2.24) is 15.0 Å². The molecule has 1 aliphatic heterocycles. The summed E-state index contributed by atoms with van der Waals surface area (Å²) < 4.78 is 10.7. The lowest BCUT2D eigenvalue weighted by Crippen LogP contribution is -2.03. The third-order valence-electron chi connectivity index (χ3n) is 3.55. The number of rotatable bonds is 4. The number of anilines is 1. The second-order valence-electron chi connectivity index (χ2n) is 5.17. The van der Waals surface area contributed by atoms with Crippen molar-refractivity contribution >= 4 is 17.4 Å². The zero-order chi connectivity index (χ0) is 16.4. The van der Waals surface area contributed by atoms with Crippen molar-refractivity contribution in [3.05, 3.63) is 59.5 Å². The number of benzene rings is 1. The second-order valence-corrected chi connectivity index (χ2v) is 5.56. The number of pyridine rings is 1. The Kier molecular flexibility index (Phi) is 3.88. The Morgan fingerprint density at radius 1 is 1.00 bits per heavy atom. The van der Waals surface area contributed by atoms with Crippen LogP contribution in [0.2, 0.25) is 5.15 Å². The monoisotopic (exact) mass is 340 g/mol. The van der Waals surface area contributed by atoms with Gasteiger partial charge >= 0.3 is 0 Å². The van der Waals surface area contributed by atoms with Crippen LogP contribution >= 0.6 is 11.6 Å². The summed E-state index contributed by atoms with van der Waals surface area (Å²) in [5.41, 5.74) is 1.90. The molecule has 0 saturated carbocycles. The SMILES string of the molecule is Clc1cc(CNc2ccnc(-c3ccc4c(c3)OCO4)n2)ccn1. The standard InChI is InChI=1S/C17H13ClN4O2/c18-15-7-11(3-5-19-15)9-21-16-4-6-20-17(22-16)12-1-2-13-14(8-12)24-10-23-13/h1-8H,9-10H2,(H,20,21,22). The molecule has 24 heavy (non-hydrogen) atoms. The highest BCUT2D eigenvalue weighted by Gasteiger charge is 2.14. The van der Waals surface area contributed by atoms with Gasteiger partial charge in [0.1, 0.15) is 11.0 Å². The van der Waals surface area contributed by atoms with Crippen LogP contribution in [0.15, 0.2) is 48.8 Å². The molecule has 0 radical (unpaired) electrons. The summed E-state index contributed by atoms with van der Waals surface area (Å²) in [4.78, 5) is 12.8. The molecule has 120 valence electrons. The van der Waals surface area contributed by atoms with Crippen molar-refractivity contribution in [2.75, 3.05) is 12.1 Å². The van der Waals surface area contributed by atoms with Gasteiger partial charge in [0.15, 0.2) is 17.3 Å². The third-order valence-corrected chi connectivity index (χ3v) is 3.76. The van der Waals surface area contributed by atoms with Crippen LogP contribution in [0.25, 0.3) is 11.4 Å². The fourth-order valence-corrected chi connectivity index (χ4v) is 2.57. The van der Waals surface area contributed by atoms with E-state index >= 15 is 0 Å². The van der Waals surface area contributed by atoms with E-state index in [4.69, 9.17) is 21.1 Å². The minimum Gasteiger partial charge on any atom is -0.454 e. The van der Waals surface area contributed by atoms with E-state index in [1.54, 1.807) is 12.4 Å². The quantitative estimate of drug-likeness (QED) is 0.733. The van der Waals surface area contributed by atoms with E-state index in [-0.39, 0.29) is 6.79 Å². The summed E-state index contributed by atoms with van der Waals surface area (Å²) in [6, 6.07) is 11.2. The van der Waals surface area contributed by atoms with Crippen LogP contribution < -0.4 is 14.8 Å². The second kappa shape index (κ2) is 6.33. The average molecular weight is 341 g/mol. The van der Waals surface area contributed by atoms with Crippen LogP contribution in [0.4, 0.5) is 5.82 Å². The summed E-state index contributed by atoms with van der Waals surface area (Å²) in [5.74, 6) is 2.79.